The number of nitrogens with one attached hydrogen (secondary N) is 1. The number of Topliss-reactive ketones (excluding diaryl/α,β-unsaturated/α-hetero) is 1. The number of rotatable bonds is 0. The fourth-order valence-corrected chi connectivity index (χ4v) is 1.89. The third-order valence-electron chi connectivity index (χ3n) is 2.30. The van der Waals surface area contributed by atoms with Crippen LogP contribution in [0, 0.1) is 5.92 Å². The van der Waals surface area contributed by atoms with E-state index in [9.17, 15) is 4.79 Å². The molecule has 2 atom stereocenters. The Bertz CT molecular complexity index is 130. The second-order valence-electron chi connectivity index (χ2n) is 3.15. The van der Waals surface area contributed by atoms with Gasteiger partial charge in [-0.1, -0.05) is 0 Å². The maximum Gasteiger partial charge on any atom is 0.134 e. The molecule has 0 radical (unpaired) electrons. The number of carbonyl (C=O) groups is 1. The fourth-order valence-electron chi connectivity index (χ4n) is 1.89. The summed E-state index contributed by atoms with van der Waals surface area (Å²) < 4.78 is 0. The summed E-state index contributed by atoms with van der Waals surface area (Å²) in [6, 6.07) is 0.538. The summed E-state index contributed by atoms with van der Waals surface area (Å²) >= 11 is 0. The number of carbonyl (C=O) groups excluding carboxylic acids is 1. The summed E-state index contributed by atoms with van der Waals surface area (Å²) in [7, 11) is 0. The molecule has 2 bridgehead atoms. The molecule has 9 heavy (non-hydrogen) atoms. The van der Waals surface area contributed by atoms with Crippen molar-refractivity contribution in [3.05, 3.63) is 0 Å². The van der Waals surface area contributed by atoms with Crippen molar-refractivity contribution in [3.63, 3.8) is 0 Å². The van der Waals surface area contributed by atoms with Crippen LogP contribution in [0.2, 0.25) is 0 Å². The number of ketones is 1. The van der Waals surface area contributed by atoms with Gasteiger partial charge >= 0.3 is 0 Å². The van der Waals surface area contributed by atoms with Crippen molar-refractivity contribution in [3.8, 4) is 0 Å². The molecule has 50 valence electrons. The van der Waals surface area contributed by atoms with E-state index in [1.54, 1.807) is 0 Å². The van der Waals surface area contributed by atoms with Crippen LogP contribution in [0.3, 0.4) is 0 Å². The van der Waals surface area contributed by atoms with Crippen LogP contribution in [0.5, 0.6) is 0 Å². The van der Waals surface area contributed by atoms with Gasteiger partial charge in [0.1, 0.15) is 5.78 Å². The number of hydrogen-bond donors (Lipinski definition) is 1. The van der Waals surface area contributed by atoms with Gasteiger partial charge in [-0.15, -0.1) is 0 Å². The molecule has 2 nitrogen and oxygen atoms in total. The topological polar surface area (TPSA) is 29.1 Å². The maximum atomic E-state index is 10.9. The van der Waals surface area contributed by atoms with Gasteiger partial charge in [0.2, 0.25) is 0 Å². The smallest absolute Gasteiger partial charge is 0.134 e. The van der Waals surface area contributed by atoms with E-state index in [0.717, 1.165) is 19.4 Å². The van der Waals surface area contributed by atoms with Crippen LogP contribution >= 0.6 is 0 Å². The van der Waals surface area contributed by atoms with E-state index < -0.39 is 0 Å². The Hall–Kier alpha value is -0.370. The molecule has 2 aliphatic rings. The summed E-state index contributed by atoms with van der Waals surface area (Å²) in [6.45, 7) is 1.08. The van der Waals surface area contributed by atoms with Gasteiger partial charge in [-0.25, -0.2) is 0 Å². The quantitative estimate of drug-likeness (QED) is 0.505. The highest BCUT2D eigenvalue weighted by Gasteiger charge is 2.32. The second-order valence-corrected chi connectivity index (χ2v) is 3.15. The minimum Gasteiger partial charge on any atom is -0.313 e. The van der Waals surface area contributed by atoms with Gasteiger partial charge in [0, 0.05) is 18.9 Å². The molecule has 2 fully saturated rings. The SMILES string of the molecule is O=C1C[C@H]2CN[C@H](C1)C2. The highest BCUT2D eigenvalue weighted by atomic mass is 16.1. The maximum absolute atomic E-state index is 10.9. The molecule has 0 amide bonds. The number of hydrogen-bond acceptors (Lipinski definition) is 2. The van der Waals surface area contributed by atoms with Gasteiger partial charge in [0.15, 0.2) is 0 Å². The molecule has 2 heteroatoms. The second kappa shape index (κ2) is 1.81. The molecule has 1 saturated heterocycles. The lowest BCUT2D eigenvalue weighted by atomic mass is 9.90. The van der Waals surface area contributed by atoms with Crippen molar-refractivity contribution < 1.29 is 4.79 Å². The average molecular weight is 125 g/mol. The molecule has 0 spiro atoms. The standard InChI is InChI=1S/C7H11NO/c9-7-2-5-1-6(3-7)8-4-5/h5-6,8H,1-4H2/t5-,6-/m0/s1. The minimum absolute atomic E-state index is 0.459. The van der Waals surface area contributed by atoms with Crippen LogP contribution in [-0.2, 0) is 4.79 Å². The van der Waals surface area contributed by atoms with E-state index >= 15 is 0 Å². The number of fused-ring (bicyclic) bond motifs is 2. The predicted molar refractivity (Wildman–Crippen MR) is 34.1 cm³/mol. The van der Waals surface area contributed by atoms with Gasteiger partial charge in [-0.05, 0) is 18.9 Å². The first kappa shape index (κ1) is 5.42. The molecule has 1 heterocycles. The highest BCUT2D eigenvalue weighted by Crippen LogP contribution is 2.26. The lowest BCUT2D eigenvalue weighted by Crippen LogP contribution is -2.24. The molecular weight excluding hydrogens is 114 g/mol. The lowest BCUT2D eigenvalue weighted by molar-refractivity contribution is -0.121. The first-order chi connectivity index (χ1) is 4.34. The first-order valence-electron chi connectivity index (χ1n) is 3.59. The van der Waals surface area contributed by atoms with Crippen molar-refractivity contribution in [2.45, 2.75) is 25.3 Å². The normalized spacial score (nSPS) is 41.6. The van der Waals surface area contributed by atoms with Crippen LogP contribution < -0.4 is 5.32 Å². The van der Waals surface area contributed by atoms with Gasteiger partial charge in [-0.3, -0.25) is 4.79 Å². The molecule has 1 aliphatic carbocycles. The van der Waals surface area contributed by atoms with Crippen LogP contribution in [0.1, 0.15) is 19.3 Å². The molecule has 0 aromatic rings. The Labute approximate surface area is 54.6 Å². The molecule has 0 unspecified atom stereocenters. The van der Waals surface area contributed by atoms with E-state index in [-0.39, 0.29) is 0 Å². The highest BCUT2D eigenvalue weighted by molar-refractivity contribution is 5.80. The summed E-state index contributed by atoms with van der Waals surface area (Å²) in [5.41, 5.74) is 0. The fraction of sp³-hybridized carbons (Fsp3) is 0.857. The van der Waals surface area contributed by atoms with Crippen molar-refractivity contribution >= 4 is 5.78 Å². The van der Waals surface area contributed by atoms with Gasteiger partial charge in [0.25, 0.3) is 0 Å². The van der Waals surface area contributed by atoms with Crippen LogP contribution in [0.15, 0.2) is 0 Å². The largest absolute Gasteiger partial charge is 0.313 e. The molecule has 1 saturated carbocycles. The Balaban J connectivity index is 2.11. The molecular formula is C7H11NO. The van der Waals surface area contributed by atoms with Crippen molar-refractivity contribution in [2.24, 2.45) is 5.92 Å². The summed E-state index contributed by atoms with van der Waals surface area (Å²) in [5, 5.41) is 3.33. The zero-order valence-electron chi connectivity index (χ0n) is 5.39. The van der Waals surface area contributed by atoms with Crippen molar-refractivity contribution in [1.82, 2.24) is 5.32 Å². The van der Waals surface area contributed by atoms with E-state index in [1.807, 2.05) is 0 Å². The molecule has 0 aromatic carbocycles. The Morgan fingerprint density at radius 3 is 3.11 bits per heavy atom. The van der Waals surface area contributed by atoms with Gasteiger partial charge in [0.05, 0.1) is 0 Å². The zero-order chi connectivity index (χ0) is 6.27. The van der Waals surface area contributed by atoms with Crippen LogP contribution in [0.25, 0.3) is 0 Å². The average Bonchev–Trinajstić information content (AvgIpc) is 2.11. The lowest BCUT2D eigenvalue weighted by Gasteiger charge is -2.14. The molecule has 0 aromatic heterocycles. The van der Waals surface area contributed by atoms with E-state index in [4.69, 9.17) is 0 Å². The minimum atomic E-state index is 0.459. The predicted octanol–water partition coefficient (Wildman–Crippen LogP) is 0.327. The molecule has 1 aliphatic heterocycles. The Morgan fingerprint density at radius 2 is 2.33 bits per heavy atom. The summed E-state index contributed by atoms with van der Waals surface area (Å²) in [4.78, 5) is 10.9. The van der Waals surface area contributed by atoms with Gasteiger partial charge < -0.3 is 5.32 Å². The van der Waals surface area contributed by atoms with Crippen molar-refractivity contribution in [1.29, 1.82) is 0 Å². The zero-order valence-corrected chi connectivity index (χ0v) is 5.39. The first-order valence-corrected chi connectivity index (χ1v) is 3.59. The van der Waals surface area contributed by atoms with Crippen LogP contribution in [-0.4, -0.2) is 18.4 Å². The monoisotopic (exact) mass is 125 g/mol. The third kappa shape index (κ3) is 0.874. The molecule has 1 N–H and O–H groups in total. The summed E-state index contributed by atoms with van der Waals surface area (Å²) in [6.07, 6.45) is 2.87. The summed E-state index contributed by atoms with van der Waals surface area (Å²) in [5.74, 6) is 1.14. The Kier molecular flexibility index (Phi) is 1.09. The van der Waals surface area contributed by atoms with Crippen molar-refractivity contribution in [2.75, 3.05) is 6.54 Å². The molecule has 2 rings (SSSR count). The van der Waals surface area contributed by atoms with E-state index in [2.05, 4.69) is 5.32 Å². The van der Waals surface area contributed by atoms with Gasteiger partial charge in [-0.2, -0.15) is 0 Å². The van der Waals surface area contributed by atoms with Crippen LogP contribution in [0.4, 0.5) is 0 Å². The van der Waals surface area contributed by atoms with E-state index in [0.29, 0.717) is 17.7 Å². The third-order valence-corrected chi connectivity index (χ3v) is 2.30. The Morgan fingerprint density at radius 1 is 1.44 bits per heavy atom. The van der Waals surface area contributed by atoms with E-state index in [1.165, 1.54) is 6.42 Å².